The monoisotopic (exact) mass is 460 g/mol. The molecule has 0 amide bonds. The van der Waals surface area contributed by atoms with Gasteiger partial charge in [-0.25, -0.2) is 0 Å². The van der Waals surface area contributed by atoms with Crippen molar-refractivity contribution in [2.24, 2.45) is 9.98 Å². The van der Waals surface area contributed by atoms with E-state index in [2.05, 4.69) is 126 Å². The molecule has 2 nitrogen and oxygen atoms in total. The van der Waals surface area contributed by atoms with E-state index < -0.39 is 0 Å². The van der Waals surface area contributed by atoms with Crippen LogP contribution in [0.25, 0.3) is 0 Å². The molecule has 0 N–H and O–H groups in total. The van der Waals surface area contributed by atoms with E-state index in [0.717, 1.165) is 23.5 Å². The molecule has 2 rings (SSSR count). The Bertz CT molecular complexity index is 992. The summed E-state index contributed by atoms with van der Waals surface area (Å²) in [5.74, 6) is 0. The van der Waals surface area contributed by atoms with Crippen LogP contribution in [0.2, 0.25) is 0 Å². The van der Waals surface area contributed by atoms with Crippen LogP contribution in [0.1, 0.15) is 119 Å². The standard InChI is InChI=1S/C32H48N2/c1-14-22(34-28-25(31(8,9)10)19-16-20-26(28)32(11,12)13)21-33-27-23(29(2,3)4)17-15-18-24(27)30(5,6)7/h15-21H,14H2,1-13H3. The lowest BCUT2D eigenvalue weighted by Gasteiger charge is -2.28. The van der Waals surface area contributed by atoms with Crippen molar-refractivity contribution in [1.29, 1.82) is 0 Å². The molecule has 0 aliphatic heterocycles. The first-order valence-electron chi connectivity index (χ1n) is 12.8. The summed E-state index contributed by atoms with van der Waals surface area (Å²) in [6, 6.07) is 13.2. The molecule has 2 aromatic rings. The number of aliphatic imine (C=N–C) groups is 2. The predicted molar refractivity (Wildman–Crippen MR) is 153 cm³/mol. The second-order valence-electron chi connectivity index (χ2n) is 13.6. The van der Waals surface area contributed by atoms with Gasteiger partial charge in [-0.1, -0.05) is 126 Å². The third-order valence-corrected chi connectivity index (χ3v) is 6.26. The molecule has 186 valence electrons. The zero-order valence-electron chi connectivity index (χ0n) is 24.1. The lowest BCUT2D eigenvalue weighted by atomic mass is 9.79. The quantitative estimate of drug-likeness (QED) is 0.406. The normalized spacial score (nSPS) is 14.2. The van der Waals surface area contributed by atoms with Crippen LogP contribution in [0.5, 0.6) is 0 Å². The van der Waals surface area contributed by atoms with Crippen LogP contribution in [-0.2, 0) is 21.7 Å². The highest BCUT2D eigenvalue weighted by Gasteiger charge is 2.26. The summed E-state index contributed by atoms with van der Waals surface area (Å²) in [6.45, 7) is 29.3. The number of hydrogen-bond acceptors (Lipinski definition) is 2. The number of hydrogen-bond donors (Lipinski definition) is 0. The summed E-state index contributed by atoms with van der Waals surface area (Å²) >= 11 is 0. The maximum atomic E-state index is 5.28. The first-order valence-corrected chi connectivity index (χ1v) is 12.8. The van der Waals surface area contributed by atoms with E-state index in [9.17, 15) is 0 Å². The second-order valence-corrected chi connectivity index (χ2v) is 13.6. The zero-order chi connectivity index (χ0) is 26.1. The lowest BCUT2D eigenvalue weighted by Crippen LogP contribution is -2.18. The summed E-state index contributed by atoms with van der Waals surface area (Å²) < 4.78 is 0. The van der Waals surface area contributed by atoms with Crippen molar-refractivity contribution in [2.45, 2.75) is 118 Å². The van der Waals surface area contributed by atoms with Gasteiger partial charge in [0, 0.05) is 6.21 Å². The van der Waals surface area contributed by atoms with E-state index in [4.69, 9.17) is 9.98 Å². The summed E-state index contributed by atoms with van der Waals surface area (Å²) in [5, 5.41) is 0. The fraction of sp³-hybridized carbons (Fsp3) is 0.562. The summed E-state index contributed by atoms with van der Waals surface area (Å²) in [7, 11) is 0. The van der Waals surface area contributed by atoms with E-state index in [-0.39, 0.29) is 21.7 Å². The van der Waals surface area contributed by atoms with Crippen LogP contribution in [0.3, 0.4) is 0 Å². The highest BCUT2D eigenvalue weighted by Crippen LogP contribution is 2.41. The van der Waals surface area contributed by atoms with Gasteiger partial charge in [0.25, 0.3) is 0 Å². The van der Waals surface area contributed by atoms with Gasteiger partial charge in [-0.3, -0.25) is 9.98 Å². The first kappa shape index (κ1) is 28.0. The molecular formula is C32H48N2. The van der Waals surface area contributed by atoms with Gasteiger partial charge in [0.1, 0.15) is 0 Å². The van der Waals surface area contributed by atoms with Crippen LogP contribution < -0.4 is 0 Å². The Labute approximate surface area is 210 Å². The van der Waals surface area contributed by atoms with Gasteiger partial charge in [-0.15, -0.1) is 0 Å². The molecule has 0 radical (unpaired) electrons. The highest BCUT2D eigenvalue weighted by molar-refractivity contribution is 6.31. The van der Waals surface area contributed by atoms with Crippen LogP contribution in [-0.4, -0.2) is 11.9 Å². The van der Waals surface area contributed by atoms with Crippen LogP contribution in [0, 0.1) is 0 Å². The Morgan fingerprint density at radius 1 is 0.588 bits per heavy atom. The van der Waals surface area contributed by atoms with Crippen molar-refractivity contribution in [3.63, 3.8) is 0 Å². The molecule has 2 aromatic carbocycles. The number of rotatable bonds is 4. The molecule has 0 atom stereocenters. The molecule has 2 heteroatoms. The average molecular weight is 461 g/mol. The maximum Gasteiger partial charge on any atom is 0.0708 e. The van der Waals surface area contributed by atoms with Gasteiger partial charge in [0.15, 0.2) is 0 Å². The van der Waals surface area contributed by atoms with Crippen LogP contribution in [0.15, 0.2) is 46.4 Å². The van der Waals surface area contributed by atoms with Crippen LogP contribution in [0.4, 0.5) is 11.4 Å². The van der Waals surface area contributed by atoms with Crippen molar-refractivity contribution in [1.82, 2.24) is 0 Å². The predicted octanol–water partition coefficient (Wildman–Crippen LogP) is 9.76. The van der Waals surface area contributed by atoms with Gasteiger partial charge in [-0.05, 0) is 50.3 Å². The molecule has 34 heavy (non-hydrogen) atoms. The number of nitrogens with zero attached hydrogens (tertiary/aromatic N) is 2. The topological polar surface area (TPSA) is 24.7 Å². The minimum absolute atomic E-state index is 0.00826. The Hall–Kier alpha value is -2.22. The van der Waals surface area contributed by atoms with Crippen molar-refractivity contribution >= 4 is 23.3 Å². The van der Waals surface area contributed by atoms with E-state index in [1.54, 1.807) is 0 Å². The van der Waals surface area contributed by atoms with Crippen molar-refractivity contribution in [3.8, 4) is 0 Å². The minimum atomic E-state index is 0.00826. The third-order valence-electron chi connectivity index (χ3n) is 6.26. The van der Waals surface area contributed by atoms with E-state index in [1.165, 1.54) is 22.3 Å². The van der Waals surface area contributed by atoms with Gasteiger partial charge >= 0.3 is 0 Å². The second kappa shape index (κ2) is 9.80. The molecule has 0 saturated heterocycles. The maximum absolute atomic E-state index is 5.28. The number of benzene rings is 2. The Balaban J connectivity index is 2.76. The summed E-state index contributed by atoms with van der Waals surface area (Å²) in [5.41, 5.74) is 8.35. The van der Waals surface area contributed by atoms with Crippen molar-refractivity contribution < 1.29 is 0 Å². The fourth-order valence-electron chi connectivity index (χ4n) is 4.25. The molecule has 0 heterocycles. The number of para-hydroxylation sites is 2. The largest absolute Gasteiger partial charge is 0.254 e. The van der Waals surface area contributed by atoms with E-state index in [1.807, 2.05) is 6.21 Å². The lowest BCUT2D eigenvalue weighted by molar-refractivity contribution is 0.570. The van der Waals surface area contributed by atoms with Gasteiger partial charge in [0.2, 0.25) is 0 Å². The van der Waals surface area contributed by atoms with E-state index in [0.29, 0.717) is 0 Å². The molecule has 0 saturated carbocycles. The molecule has 0 bridgehead atoms. The average Bonchev–Trinajstić information content (AvgIpc) is 2.67. The Morgan fingerprint density at radius 3 is 1.21 bits per heavy atom. The SMILES string of the molecule is CCC(C=Nc1c(C(C)(C)C)cccc1C(C)(C)C)=Nc1c(C(C)(C)C)cccc1C(C)(C)C. The van der Waals surface area contributed by atoms with Crippen molar-refractivity contribution in [3.05, 3.63) is 58.7 Å². The highest BCUT2D eigenvalue weighted by atomic mass is 14.8. The molecule has 0 spiro atoms. The summed E-state index contributed by atoms with van der Waals surface area (Å²) in [4.78, 5) is 10.4. The molecule has 0 aliphatic rings. The van der Waals surface area contributed by atoms with Gasteiger partial charge in [0.05, 0.1) is 17.1 Å². The smallest absolute Gasteiger partial charge is 0.0708 e. The van der Waals surface area contributed by atoms with Crippen molar-refractivity contribution in [2.75, 3.05) is 0 Å². The first-order chi connectivity index (χ1) is 15.4. The molecular weight excluding hydrogens is 412 g/mol. The summed E-state index contributed by atoms with van der Waals surface area (Å²) in [6.07, 6.45) is 2.83. The molecule has 0 unspecified atom stereocenters. The fourth-order valence-corrected chi connectivity index (χ4v) is 4.25. The van der Waals surface area contributed by atoms with E-state index >= 15 is 0 Å². The Morgan fingerprint density at radius 2 is 0.912 bits per heavy atom. The third kappa shape index (κ3) is 6.68. The van der Waals surface area contributed by atoms with Gasteiger partial charge < -0.3 is 0 Å². The Kier molecular flexibility index (Phi) is 8.08. The van der Waals surface area contributed by atoms with Gasteiger partial charge in [-0.2, -0.15) is 0 Å². The van der Waals surface area contributed by atoms with Crippen LogP contribution >= 0.6 is 0 Å². The zero-order valence-corrected chi connectivity index (χ0v) is 24.1. The molecule has 0 fully saturated rings. The minimum Gasteiger partial charge on any atom is -0.254 e. The molecule has 0 aromatic heterocycles. The molecule has 0 aliphatic carbocycles.